The molecule has 4 aromatic rings. The predicted octanol–water partition coefficient (Wildman–Crippen LogP) is 8.28. The molecule has 0 unspecified atom stereocenters. The van der Waals surface area contributed by atoms with Gasteiger partial charge in [0, 0.05) is 72.6 Å². The van der Waals surface area contributed by atoms with Crippen molar-refractivity contribution in [1.29, 1.82) is 0 Å². The van der Waals surface area contributed by atoms with Crippen LogP contribution < -0.4 is 15.1 Å². The van der Waals surface area contributed by atoms with Crippen LogP contribution in [0.3, 0.4) is 0 Å². The number of amides is 2. The third-order valence-electron chi connectivity index (χ3n) is 10.8. The summed E-state index contributed by atoms with van der Waals surface area (Å²) >= 11 is 1.57. The molecule has 9 heteroatoms. The van der Waals surface area contributed by atoms with Gasteiger partial charge in [-0.2, -0.15) is 0 Å². The fourth-order valence-electron chi connectivity index (χ4n) is 7.64. The number of pyridine rings is 1. The number of rotatable bonds is 8. The number of carbonyl (C=O) groups is 3. The molecule has 2 aromatic carbocycles. The van der Waals surface area contributed by atoms with Crippen LogP contribution in [0.2, 0.25) is 0 Å². The summed E-state index contributed by atoms with van der Waals surface area (Å²) in [5.41, 5.74) is 7.09. The number of fused-ring (bicyclic) bond motifs is 1. The Morgan fingerprint density at radius 1 is 0.980 bits per heavy atom. The van der Waals surface area contributed by atoms with Crippen LogP contribution in [-0.2, 0) is 4.74 Å². The minimum Gasteiger partial charge on any atom is -0.381 e. The maximum Gasteiger partial charge on any atom is 0.259 e. The molecule has 1 spiro atoms. The van der Waals surface area contributed by atoms with Gasteiger partial charge in [0.05, 0.1) is 16.1 Å². The van der Waals surface area contributed by atoms with Crippen LogP contribution in [-0.4, -0.2) is 55.4 Å². The number of nitrogens with zero attached hydrogens (tertiary/aromatic N) is 3. The zero-order valence-electron chi connectivity index (χ0n) is 28.7. The summed E-state index contributed by atoms with van der Waals surface area (Å²) < 4.78 is 5.57. The number of hydrogen-bond donors (Lipinski definition) is 1. The molecule has 2 saturated heterocycles. The molecule has 5 heterocycles. The van der Waals surface area contributed by atoms with E-state index in [-0.39, 0.29) is 23.0 Å². The summed E-state index contributed by atoms with van der Waals surface area (Å²) in [4.78, 5) is 51.2. The highest BCUT2D eigenvalue weighted by molar-refractivity contribution is 7.15. The number of Topliss-reactive ketones (excluding diaryl/α,β-unsaturated/α-hetero) is 1. The van der Waals surface area contributed by atoms with E-state index in [1.165, 1.54) is 5.57 Å². The van der Waals surface area contributed by atoms with Crippen molar-refractivity contribution in [3.63, 3.8) is 0 Å². The van der Waals surface area contributed by atoms with Crippen LogP contribution in [0.5, 0.6) is 0 Å². The molecule has 3 fully saturated rings. The normalized spacial score (nSPS) is 18.4. The number of ketones is 1. The van der Waals surface area contributed by atoms with Gasteiger partial charge in [0.15, 0.2) is 5.78 Å². The lowest BCUT2D eigenvalue weighted by molar-refractivity contribution is -0.000511. The Bertz CT molecular complexity index is 2000. The van der Waals surface area contributed by atoms with Crippen LogP contribution in [0.25, 0.3) is 11.1 Å². The van der Waals surface area contributed by atoms with Crippen LogP contribution in [0.4, 0.5) is 17.2 Å². The van der Waals surface area contributed by atoms with E-state index in [1.807, 2.05) is 48.4 Å². The van der Waals surface area contributed by atoms with E-state index in [1.54, 1.807) is 35.6 Å². The Balaban J connectivity index is 0.972. The van der Waals surface area contributed by atoms with E-state index in [4.69, 9.17) is 4.74 Å². The smallest absolute Gasteiger partial charge is 0.259 e. The summed E-state index contributed by atoms with van der Waals surface area (Å²) in [5, 5.41) is 3.04. The van der Waals surface area contributed by atoms with Gasteiger partial charge in [-0.3, -0.25) is 14.4 Å². The largest absolute Gasteiger partial charge is 0.381 e. The molecule has 1 aliphatic carbocycles. The van der Waals surface area contributed by atoms with E-state index < -0.39 is 0 Å². The number of nitrogens with one attached hydrogen (secondary N) is 1. The van der Waals surface area contributed by atoms with Crippen molar-refractivity contribution in [1.82, 2.24) is 4.98 Å². The first-order chi connectivity index (χ1) is 24.3. The molecule has 2 amide bonds. The van der Waals surface area contributed by atoms with Gasteiger partial charge in [0.2, 0.25) is 0 Å². The second kappa shape index (κ2) is 13.3. The molecule has 0 atom stereocenters. The van der Waals surface area contributed by atoms with Gasteiger partial charge >= 0.3 is 0 Å². The van der Waals surface area contributed by atoms with E-state index in [0.29, 0.717) is 47.9 Å². The first kappa shape index (κ1) is 32.6. The molecule has 256 valence electrons. The summed E-state index contributed by atoms with van der Waals surface area (Å²) in [6.45, 7) is 7.93. The molecule has 4 aliphatic rings. The number of thiophene rings is 1. The Morgan fingerprint density at radius 2 is 1.74 bits per heavy atom. The van der Waals surface area contributed by atoms with E-state index in [9.17, 15) is 14.4 Å². The van der Waals surface area contributed by atoms with Gasteiger partial charge in [0.25, 0.3) is 11.8 Å². The van der Waals surface area contributed by atoms with Gasteiger partial charge in [-0.15, -0.1) is 11.3 Å². The van der Waals surface area contributed by atoms with Crippen molar-refractivity contribution >= 4 is 57.3 Å². The molecule has 1 N–H and O–H groups in total. The Labute approximate surface area is 297 Å². The molecule has 8 nitrogen and oxygen atoms in total. The fraction of sp³-hybridized carbons (Fsp3) is 0.366. The minimum absolute atomic E-state index is 0.0964. The number of anilines is 3. The van der Waals surface area contributed by atoms with Crippen molar-refractivity contribution in [2.24, 2.45) is 11.3 Å². The third kappa shape index (κ3) is 6.40. The molecule has 2 aromatic heterocycles. The Kier molecular flexibility index (Phi) is 8.65. The second-order valence-corrected chi connectivity index (χ2v) is 15.5. The van der Waals surface area contributed by atoms with Gasteiger partial charge in [-0.1, -0.05) is 18.2 Å². The highest BCUT2D eigenvalue weighted by Gasteiger charge is 2.45. The number of benzene rings is 2. The lowest BCUT2D eigenvalue weighted by Crippen LogP contribution is -2.59. The first-order valence-electron chi connectivity index (χ1n) is 17.7. The zero-order valence-corrected chi connectivity index (χ0v) is 29.5. The average molecular weight is 687 g/mol. The SMILES string of the molecule is CC1=C(c2ccc(C(=O)CC3CC3)s2)CCN(C(=O)c2ccc(NC(=O)c3cc(C)cnc3N3CC4(CCOCC4)C3)cc2)c2ccccc21. The first-order valence-corrected chi connectivity index (χ1v) is 18.5. The highest BCUT2D eigenvalue weighted by atomic mass is 32.1. The van der Waals surface area contributed by atoms with Crippen LogP contribution in [0.15, 0.2) is 72.9 Å². The van der Waals surface area contributed by atoms with Crippen molar-refractivity contribution < 1.29 is 19.1 Å². The number of allylic oxidation sites excluding steroid dienone is 1. The molecular formula is C41H42N4O4S. The second-order valence-electron chi connectivity index (χ2n) is 14.4. The number of aromatic nitrogens is 1. The van der Waals surface area contributed by atoms with E-state index >= 15 is 0 Å². The summed E-state index contributed by atoms with van der Waals surface area (Å²) in [7, 11) is 0. The van der Waals surface area contributed by atoms with Gasteiger partial charge in [0.1, 0.15) is 5.82 Å². The standard InChI is InChI=1S/C41H42N4O4S/c1-26-21-33(38(42-23-26)44-24-41(25-44)16-19-49-20-17-41)39(47)43-30-11-9-29(10-12-30)40(48)45-18-15-32(27(2)31-5-3-4-6-34(31)45)36-13-14-37(50-36)35(46)22-28-7-8-28/h3-6,9-14,21,23,28H,7-8,15-20,22,24-25H2,1-2H3,(H,43,47). The monoisotopic (exact) mass is 686 g/mol. The maximum atomic E-state index is 14.1. The lowest BCUT2D eigenvalue weighted by Gasteiger charge is -2.53. The number of carbonyl (C=O) groups excluding carboxylic acids is 3. The molecule has 0 bridgehead atoms. The quantitative estimate of drug-likeness (QED) is 0.188. The zero-order chi connectivity index (χ0) is 34.4. The van der Waals surface area contributed by atoms with Crippen LogP contribution in [0.1, 0.15) is 91.8 Å². The van der Waals surface area contributed by atoms with Crippen molar-refractivity contribution in [3.8, 4) is 0 Å². The van der Waals surface area contributed by atoms with Crippen molar-refractivity contribution in [3.05, 3.63) is 105 Å². The molecule has 1 saturated carbocycles. The van der Waals surface area contributed by atoms with Gasteiger partial charge in [-0.25, -0.2) is 4.98 Å². The molecular weight excluding hydrogens is 645 g/mol. The molecule has 0 radical (unpaired) electrons. The number of hydrogen-bond acceptors (Lipinski definition) is 7. The van der Waals surface area contributed by atoms with Gasteiger partial charge < -0.3 is 19.9 Å². The van der Waals surface area contributed by atoms with Gasteiger partial charge in [-0.05, 0) is 117 Å². The Hall–Kier alpha value is -4.60. The van der Waals surface area contributed by atoms with Crippen molar-refractivity contribution in [2.75, 3.05) is 48.0 Å². The summed E-state index contributed by atoms with van der Waals surface area (Å²) in [6.07, 6.45) is 7.54. The number of ether oxygens (including phenoxy) is 1. The van der Waals surface area contributed by atoms with Crippen LogP contribution >= 0.6 is 11.3 Å². The third-order valence-corrected chi connectivity index (χ3v) is 12.0. The molecule has 8 rings (SSSR count). The molecule has 50 heavy (non-hydrogen) atoms. The predicted molar refractivity (Wildman–Crippen MR) is 199 cm³/mol. The number of para-hydroxylation sites is 1. The highest BCUT2D eigenvalue weighted by Crippen LogP contribution is 2.43. The van der Waals surface area contributed by atoms with Crippen LogP contribution in [0, 0.1) is 18.3 Å². The van der Waals surface area contributed by atoms with Crippen molar-refractivity contribution in [2.45, 2.75) is 52.4 Å². The Morgan fingerprint density at radius 3 is 2.50 bits per heavy atom. The topological polar surface area (TPSA) is 91.8 Å². The fourth-order valence-corrected chi connectivity index (χ4v) is 8.72. The summed E-state index contributed by atoms with van der Waals surface area (Å²) in [5.74, 6) is 1.19. The average Bonchev–Trinajstić information content (AvgIpc) is 3.83. The summed E-state index contributed by atoms with van der Waals surface area (Å²) in [6, 6.07) is 21.1. The number of aryl methyl sites for hydroxylation is 1. The van der Waals surface area contributed by atoms with E-state index in [2.05, 4.69) is 34.3 Å². The molecule has 3 aliphatic heterocycles. The lowest BCUT2D eigenvalue weighted by atomic mass is 9.73. The minimum atomic E-state index is -0.218. The van der Waals surface area contributed by atoms with E-state index in [0.717, 1.165) is 84.1 Å². The maximum absolute atomic E-state index is 14.1.